The Labute approximate surface area is 98.5 Å². The van der Waals surface area contributed by atoms with Gasteiger partial charge in [0.2, 0.25) is 0 Å². The largest absolute Gasteiger partial charge is 0.482 e. The van der Waals surface area contributed by atoms with Crippen molar-refractivity contribution in [2.45, 2.75) is 19.9 Å². The van der Waals surface area contributed by atoms with Crippen LogP contribution in [-0.2, 0) is 4.79 Å². The van der Waals surface area contributed by atoms with Crippen LogP contribution in [0.3, 0.4) is 0 Å². The van der Waals surface area contributed by atoms with E-state index in [1.165, 1.54) is 12.1 Å². The van der Waals surface area contributed by atoms with Crippen LogP contribution in [0.2, 0.25) is 5.02 Å². The molecule has 0 bridgehead atoms. The quantitative estimate of drug-likeness (QED) is 0.885. The van der Waals surface area contributed by atoms with E-state index < -0.39 is 5.82 Å². The highest BCUT2D eigenvalue weighted by molar-refractivity contribution is 6.32. The summed E-state index contributed by atoms with van der Waals surface area (Å²) in [6.07, 6.45) is 0. The molecule has 0 aliphatic rings. The fourth-order valence-electron chi connectivity index (χ4n) is 1.10. The zero-order chi connectivity index (χ0) is 12.1. The summed E-state index contributed by atoms with van der Waals surface area (Å²) in [5.41, 5.74) is 0. The molecule has 0 saturated heterocycles. The van der Waals surface area contributed by atoms with Crippen molar-refractivity contribution >= 4 is 17.5 Å². The first-order valence-corrected chi connectivity index (χ1v) is 5.24. The molecule has 0 heterocycles. The Morgan fingerprint density at radius 3 is 2.81 bits per heavy atom. The Hall–Kier alpha value is -1.29. The molecule has 1 N–H and O–H groups in total. The molecule has 0 spiro atoms. The molecule has 0 atom stereocenters. The normalized spacial score (nSPS) is 10.3. The number of nitrogens with one attached hydrogen (secondary N) is 1. The van der Waals surface area contributed by atoms with Crippen LogP contribution in [0.15, 0.2) is 18.2 Å². The second-order valence-corrected chi connectivity index (χ2v) is 3.99. The third-order valence-electron chi connectivity index (χ3n) is 1.70. The van der Waals surface area contributed by atoms with Crippen molar-refractivity contribution in [3.05, 3.63) is 29.0 Å². The maximum Gasteiger partial charge on any atom is 0.258 e. The lowest BCUT2D eigenvalue weighted by Gasteiger charge is -2.10. The van der Waals surface area contributed by atoms with Crippen molar-refractivity contribution in [2.24, 2.45) is 0 Å². The second kappa shape index (κ2) is 5.70. The van der Waals surface area contributed by atoms with E-state index >= 15 is 0 Å². The van der Waals surface area contributed by atoms with Gasteiger partial charge in [0.15, 0.2) is 6.61 Å². The standard InChI is InChI=1S/C11H13ClFNO2/c1-7(2)14-11(15)6-16-10-4-3-8(13)5-9(10)12/h3-5,7H,6H2,1-2H3,(H,14,15). The molecule has 1 amide bonds. The van der Waals surface area contributed by atoms with Crippen molar-refractivity contribution in [1.29, 1.82) is 0 Å². The third kappa shape index (κ3) is 4.06. The molecule has 1 aromatic rings. The summed E-state index contributed by atoms with van der Waals surface area (Å²) < 4.78 is 17.8. The van der Waals surface area contributed by atoms with Gasteiger partial charge >= 0.3 is 0 Å². The number of halogens is 2. The lowest BCUT2D eigenvalue weighted by Crippen LogP contribution is -2.34. The van der Waals surface area contributed by atoms with Gasteiger partial charge in [-0.3, -0.25) is 4.79 Å². The number of benzene rings is 1. The van der Waals surface area contributed by atoms with Crippen LogP contribution >= 0.6 is 11.6 Å². The van der Waals surface area contributed by atoms with Gasteiger partial charge in [-0.25, -0.2) is 4.39 Å². The molecule has 0 radical (unpaired) electrons. The van der Waals surface area contributed by atoms with Gasteiger partial charge in [-0.15, -0.1) is 0 Å². The highest BCUT2D eigenvalue weighted by atomic mass is 35.5. The highest BCUT2D eigenvalue weighted by Crippen LogP contribution is 2.24. The molecule has 0 aliphatic carbocycles. The van der Waals surface area contributed by atoms with Crippen LogP contribution in [-0.4, -0.2) is 18.6 Å². The van der Waals surface area contributed by atoms with Crippen molar-refractivity contribution < 1.29 is 13.9 Å². The van der Waals surface area contributed by atoms with E-state index in [0.29, 0.717) is 5.75 Å². The molecule has 16 heavy (non-hydrogen) atoms. The Bertz CT molecular complexity index is 382. The first-order valence-electron chi connectivity index (χ1n) is 4.86. The van der Waals surface area contributed by atoms with E-state index in [9.17, 15) is 9.18 Å². The van der Waals surface area contributed by atoms with Gasteiger partial charge in [0.25, 0.3) is 5.91 Å². The van der Waals surface area contributed by atoms with Gasteiger partial charge in [0.05, 0.1) is 5.02 Å². The van der Waals surface area contributed by atoms with Gasteiger partial charge in [-0.05, 0) is 32.0 Å². The van der Waals surface area contributed by atoms with Crippen molar-refractivity contribution in [2.75, 3.05) is 6.61 Å². The SMILES string of the molecule is CC(C)NC(=O)COc1ccc(F)cc1Cl. The van der Waals surface area contributed by atoms with E-state index in [0.717, 1.165) is 6.07 Å². The van der Waals surface area contributed by atoms with Crippen molar-refractivity contribution in [3.63, 3.8) is 0 Å². The van der Waals surface area contributed by atoms with Gasteiger partial charge in [-0.2, -0.15) is 0 Å². The Morgan fingerprint density at radius 1 is 1.56 bits per heavy atom. The number of carbonyl (C=O) groups excluding carboxylic acids is 1. The maximum atomic E-state index is 12.7. The lowest BCUT2D eigenvalue weighted by molar-refractivity contribution is -0.123. The number of hydrogen-bond acceptors (Lipinski definition) is 2. The topological polar surface area (TPSA) is 38.3 Å². The molecule has 0 unspecified atom stereocenters. The summed E-state index contributed by atoms with van der Waals surface area (Å²) in [4.78, 5) is 11.3. The zero-order valence-electron chi connectivity index (χ0n) is 9.09. The summed E-state index contributed by atoms with van der Waals surface area (Å²) in [6, 6.07) is 3.80. The van der Waals surface area contributed by atoms with E-state index in [-0.39, 0.29) is 23.6 Å². The number of rotatable bonds is 4. The summed E-state index contributed by atoms with van der Waals surface area (Å²) >= 11 is 5.72. The average molecular weight is 246 g/mol. The fourth-order valence-corrected chi connectivity index (χ4v) is 1.32. The third-order valence-corrected chi connectivity index (χ3v) is 2.00. The predicted octanol–water partition coefficient (Wildman–Crippen LogP) is 2.38. The molecule has 1 aromatic carbocycles. The molecule has 0 aromatic heterocycles. The van der Waals surface area contributed by atoms with Gasteiger partial charge in [-0.1, -0.05) is 11.6 Å². The summed E-state index contributed by atoms with van der Waals surface area (Å²) in [5.74, 6) is -0.388. The first-order chi connectivity index (χ1) is 7.49. The monoisotopic (exact) mass is 245 g/mol. The van der Waals surface area contributed by atoms with Crippen LogP contribution < -0.4 is 10.1 Å². The summed E-state index contributed by atoms with van der Waals surface area (Å²) in [5, 5.41) is 2.81. The van der Waals surface area contributed by atoms with E-state index in [2.05, 4.69) is 5.32 Å². The predicted molar refractivity (Wildman–Crippen MR) is 60.2 cm³/mol. The molecule has 3 nitrogen and oxygen atoms in total. The number of amides is 1. The minimum atomic E-state index is -0.441. The highest BCUT2D eigenvalue weighted by Gasteiger charge is 2.07. The Kier molecular flexibility index (Phi) is 4.55. The smallest absolute Gasteiger partial charge is 0.258 e. The maximum absolute atomic E-state index is 12.7. The molecule has 0 saturated carbocycles. The molecule has 0 fully saturated rings. The minimum absolute atomic E-state index is 0.0554. The minimum Gasteiger partial charge on any atom is -0.482 e. The van der Waals surface area contributed by atoms with Gasteiger partial charge in [0.1, 0.15) is 11.6 Å². The van der Waals surface area contributed by atoms with E-state index in [1.807, 2.05) is 13.8 Å². The Morgan fingerprint density at radius 2 is 2.25 bits per heavy atom. The molecule has 88 valence electrons. The van der Waals surface area contributed by atoms with E-state index in [1.54, 1.807) is 0 Å². The average Bonchev–Trinajstić information content (AvgIpc) is 2.15. The molecule has 5 heteroatoms. The number of hydrogen-bond donors (Lipinski definition) is 1. The van der Waals surface area contributed by atoms with Crippen LogP contribution in [0.25, 0.3) is 0 Å². The summed E-state index contributed by atoms with van der Waals surface area (Å²) in [6.45, 7) is 3.56. The molecule has 0 aliphatic heterocycles. The number of carbonyl (C=O) groups is 1. The van der Waals surface area contributed by atoms with Crippen LogP contribution in [0.5, 0.6) is 5.75 Å². The lowest BCUT2D eigenvalue weighted by atomic mass is 10.3. The van der Waals surface area contributed by atoms with Crippen LogP contribution in [0.4, 0.5) is 4.39 Å². The number of ether oxygens (including phenoxy) is 1. The van der Waals surface area contributed by atoms with Crippen LogP contribution in [0, 0.1) is 5.82 Å². The molecular weight excluding hydrogens is 233 g/mol. The van der Waals surface area contributed by atoms with Gasteiger partial charge in [0, 0.05) is 6.04 Å². The second-order valence-electron chi connectivity index (χ2n) is 3.59. The van der Waals surface area contributed by atoms with Gasteiger partial charge < -0.3 is 10.1 Å². The van der Waals surface area contributed by atoms with Crippen LogP contribution in [0.1, 0.15) is 13.8 Å². The molecule has 1 rings (SSSR count). The summed E-state index contributed by atoms with van der Waals surface area (Å²) in [7, 11) is 0. The Balaban J connectivity index is 2.51. The zero-order valence-corrected chi connectivity index (χ0v) is 9.84. The van der Waals surface area contributed by atoms with Crippen molar-refractivity contribution in [1.82, 2.24) is 5.32 Å². The fraction of sp³-hybridized carbons (Fsp3) is 0.364. The molecular formula is C11H13ClFNO2. The first kappa shape index (κ1) is 12.8. The van der Waals surface area contributed by atoms with E-state index in [4.69, 9.17) is 16.3 Å². The van der Waals surface area contributed by atoms with Crippen molar-refractivity contribution in [3.8, 4) is 5.75 Å².